The van der Waals surface area contributed by atoms with Gasteiger partial charge in [-0.15, -0.1) is 0 Å². The molecule has 1 aliphatic rings. The van der Waals surface area contributed by atoms with Gasteiger partial charge in [-0.2, -0.15) is 5.10 Å². The average Bonchev–Trinajstić information content (AvgIpc) is 3.05. The van der Waals surface area contributed by atoms with E-state index in [1.165, 1.54) is 0 Å². The first-order valence-electron chi connectivity index (χ1n) is 8.55. The fourth-order valence-corrected chi connectivity index (χ4v) is 3.55. The van der Waals surface area contributed by atoms with Crippen LogP contribution in [-0.4, -0.2) is 38.2 Å². The molecule has 1 aliphatic heterocycles. The Morgan fingerprint density at radius 3 is 2.92 bits per heavy atom. The first-order valence-corrected chi connectivity index (χ1v) is 8.55. The van der Waals surface area contributed by atoms with Crippen LogP contribution in [0.1, 0.15) is 47.3 Å². The standard InChI is InChI=1S/C18H24N4O2/c1-13-12-14(2)20-17(23)16(13)18(24)22-10-4-3-6-15(22)7-11-21-9-5-8-19-21/h5,8-9,12,15H,3-4,6-7,10-11H2,1-2H3,(H,20,23)/t15-/m0/s1. The van der Waals surface area contributed by atoms with Gasteiger partial charge in [-0.05, 0) is 57.2 Å². The molecule has 0 bridgehead atoms. The van der Waals surface area contributed by atoms with Crippen molar-refractivity contribution in [3.63, 3.8) is 0 Å². The summed E-state index contributed by atoms with van der Waals surface area (Å²) < 4.78 is 1.89. The molecule has 1 saturated heterocycles. The molecule has 0 radical (unpaired) electrons. The van der Waals surface area contributed by atoms with E-state index in [1.807, 2.05) is 41.8 Å². The number of rotatable bonds is 4. The van der Waals surface area contributed by atoms with E-state index >= 15 is 0 Å². The van der Waals surface area contributed by atoms with Crippen LogP contribution < -0.4 is 5.56 Å². The van der Waals surface area contributed by atoms with Crippen LogP contribution in [0.25, 0.3) is 0 Å². The summed E-state index contributed by atoms with van der Waals surface area (Å²) in [5.41, 5.74) is 1.53. The van der Waals surface area contributed by atoms with Crippen LogP contribution in [0.2, 0.25) is 0 Å². The van der Waals surface area contributed by atoms with Crippen LogP contribution in [0.5, 0.6) is 0 Å². The predicted octanol–water partition coefficient (Wildman–Crippen LogP) is 2.27. The van der Waals surface area contributed by atoms with Crippen LogP contribution in [0.3, 0.4) is 0 Å². The van der Waals surface area contributed by atoms with Gasteiger partial charge in [0.25, 0.3) is 11.5 Å². The summed E-state index contributed by atoms with van der Waals surface area (Å²) in [5.74, 6) is -0.140. The predicted molar refractivity (Wildman–Crippen MR) is 92.1 cm³/mol. The monoisotopic (exact) mass is 328 g/mol. The number of nitrogens with one attached hydrogen (secondary N) is 1. The van der Waals surface area contributed by atoms with Crippen LogP contribution >= 0.6 is 0 Å². The molecule has 24 heavy (non-hydrogen) atoms. The second-order valence-corrected chi connectivity index (χ2v) is 6.55. The molecule has 2 aromatic heterocycles. The minimum absolute atomic E-state index is 0.140. The molecule has 1 fully saturated rings. The highest BCUT2D eigenvalue weighted by Crippen LogP contribution is 2.22. The van der Waals surface area contributed by atoms with Gasteiger partial charge in [-0.1, -0.05) is 0 Å². The number of hydrogen-bond donors (Lipinski definition) is 1. The molecule has 2 aromatic rings. The molecule has 128 valence electrons. The van der Waals surface area contributed by atoms with Gasteiger partial charge in [-0.25, -0.2) is 0 Å². The summed E-state index contributed by atoms with van der Waals surface area (Å²) in [6.45, 7) is 5.16. The maximum absolute atomic E-state index is 13.0. The quantitative estimate of drug-likeness (QED) is 0.936. The lowest BCUT2D eigenvalue weighted by atomic mass is 9.97. The molecule has 6 nitrogen and oxygen atoms in total. The number of hydrogen-bond acceptors (Lipinski definition) is 3. The Hall–Kier alpha value is -2.37. The SMILES string of the molecule is Cc1cc(C)c(C(=O)N2CCCC[C@H]2CCn2cccn2)c(=O)[nH]1. The molecule has 6 heteroatoms. The number of aromatic nitrogens is 3. The van der Waals surface area contributed by atoms with Crippen molar-refractivity contribution >= 4 is 5.91 Å². The number of carbonyl (C=O) groups excluding carboxylic acids is 1. The Kier molecular flexibility index (Phi) is 4.83. The largest absolute Gasteiger partial charge is 0.335 e. The van der Waals surface area contributed by atoms with E-state index in [9.17, 15) is 9.59 Å². The lowest BCUT2D eigenvalue weighted by Gasteiger charge is -2.36. The van der Waals surface area contributed by atoms with Gasteiger partial charge >= 0.3 is 0 Å². The van der Waals surface area contributed by atoms with Crippen molar-refractivity contribution in [2.75, 3.05) is 6.54 Å². The third-order valence-corrected chi connectivity index (χ3v) is 4.72. The lowest BCUT2D eigenvalue weighted by Crippen LogP contribution is -2.46. The van der Waals surface area contributed by atoms with E-state index in [-0.39, 0.29) is 23.1 Å². The number of carbonyl (C=O) groups is 1. The molecule has 3 rings (SSSR count). The number of amides is 1. The van der Waals surface area contributed by atoms with Gasteiger partial charge in [0, 0.05) is 37.2 Å². The first-order chi connectivity index (χ1) is 11.6. The van der Waals surface area contributed by atoms with Crippen molar-refractivity contribution in [2.24, 2.45) is 0 Å². The molecule has 1 amide bonds. The maximum atomic E-state index is 13.0. The fourth-order valence-electron chi connectivity index (χ4n) is 3.55. The average molecular weight is 328 g/mol. The second kappa shape index (κ2) is 7.03. The highest BCUT2D eigenvalue weighted by molar-refractivity contribution is 5.95. The molecule has 0 aliphatic carbocycles. The van der Waals surface area contributed by atoms with Crippen LogP contribution in [0.4, 0.5) is 0 Å². The Labute approximate surface area is 141 Å². The highest BCUT2D eigenvalue weighted by Gasteiger charge is 2.29. The van der Waals surface area contributed by atoms with Crippen molar-refractivity contribution < 1.29 is 4.79 Å². The topological polar surface area (TPSA) is 71.0 Å². The minimum atomic E-state index is -0.283. The molecule has 0 aromatic carbocycles. The van der Waals surface area contributed by atoms with Crippen molar-refractivity contribution in [1.82, 2.24) is 19.7 Å². The Morgan fingerprint density at radius 2 is 2.21 bits per heavy atom. The van der Waals surface area contributed by atoms with Gasteiger partial charge in [0.15, 0.2) is 0 Å². The van der Waals surface area contributed by atoms with Gasteiger partial charge in [0.1, 0.15) is 5.56 Å². The van der Waals surface area contributed by atoms with Gasteiger partial charge in [0.2, 0.25) is 0 Å². The number of aromatic amines is 1. The van der Waals surface area contributed by atoms with Gasteiger partial charge in [-0.3, -0.25) is 14.3 Å². The number of likely N-dealkylation sites (tertiary alicyclic amines) is 1. The Bertz CT molecular complexity index is 764. The Morgan fingerprint density at radius 1 is 1.38 bits per heavy atom. The number of pyridine rings is 1. The van der Waals surface area contributed by atoms with Crippen LogP contribution in [0, 0.1) is 13.8 Å². The summed E-state index contributed by atoms with van der Waals surface area (Å²) in [5, 5.41) is 4.22. The molecule has 0 spiro atoms. The van der Waals surface area contributed by atoms with Crippen LogP contribution in [-0.2, 0) is 6.54 Å². The summed E-state index contributed by atoms with van der Waals surface area (Å²) in [6, 6.07) is 3.92. The molecule has 0 unspecified atom stereocenters. The van der Waals surface area contributed by atoms with E-state index in [1.54, 1.807) is 6.20 Å². The minimum Gasteiger partial charge on any atom is -0.335 e. The smallest absolute Gasteiger partial charge is 0.261 e. The van der Waals surface area contributed by atoms with Crippen LogP contribution in [0.15, 0.2) is 29.3 Å². The third kappa shape index (κ3) is 3.42. The van der Waals surface area contributed by atoms with Crippen molar-refractivity contribution in [2.45, 2.75) is 52.1 Å². The maximum Gasteiger partial charge on any atom is 0.261 e. The molecule has 0 saturated carbocycles. The van der Waals surface area contributed by atoms with E-state index in [0.717, 1.165) is 50.0 Å². The fraction of sp³-hybridized carbons (Fsp3) is 0.500. The number of aryl methyl sites for hydroxylation is 3. The van der Waals surface area contributed by atoms with Gasteiger partial charge in [0.05, 0.1) is 0 Å². The summed E-state index contributed by atoms with van der Waals surface area (Å²) in [7, 11) is 0. The van der Waals surface area contributed by atoms with Crippen molar-refractivity contribution in [3.8, 4) is 0 Å². The number of nitrogens with zero attached hydrogens (tertiary/aromatic N) is 3. The summed E-state index contributed by atoms with van der Waals surface area (Å²) >= 11 is 0. The molecular formula is C18H24N4O2. The molecule has 1 atom stereocenters. The lowest BCUT2D eigenvalue weighted by molar-refractivity contribution is 0.0591. The molecular weight excluding hydrogens is 304 g/mol. The second-order valence-electron chi connectivity index (χ2n) is 6.55. The summed E-state index contributed by atoms with van der Waals surface area (Å²) in [4.78, 5) is 29.9. The van der Waals surface area contributed by atoms with E-state index in [0.29, 0.717) is 0 Å². The zero-order valence-electron chi connectivity index (χ0n) is 14.3. The third-order valence-electron chi connectivity index (χ3n) is 4.72. The van der Waals surface area contributed by atoms with E-state index in [4.69, 9.17) is 0 Å². The highest BCUT2D eigenvalue weighted by atomic mass is 16.2. The zero-order valence-corrected chi connectivity index (χ0v) is 14.3. The molecule has 3 heterocycles. The normalized spacial score (nSPS) is 17.9. The van der Waals surface area contributed by atoms with E-state index in [2.05, 4.69) is 10.1 Å². The number of piperidine rings is 1. The summed E-state index contributed by atoms with van der Waals surface area (Å²) in [6.07, 6.45) is 7.65. The van der Waals surface area contributed by atoms with E-state index < -0.39 is 0 Å². The van der Waals surface area contributed by atoms with Crippen molar-refractivity contribution in [1.29, 1.82) is 0 Å². The first kappa shape index (κ1) is 16.5. The number of H-pyrrole nitrogens is 1. The Balaban J connectivity index is 1.80. The van der Waals surface area contributed by atoms with Gasteiger partial charge < -0.3 is 9.88 Å². The van der Waals surface area contributed by atoms with Crippen molar-refractivity contribution in [3.05, 3.63) is 51.7 Å². The molecule has 1 N–H and O–H groups in total. The zero-order chi connectivity index (χ0) is 17.1.